The zero-order valence-corrected chi connectivity index (χ0v) is 19.5. The van der Waals surface area contributed by atoms with Crippen LogP contribution in [0.3, 0.4) is 0 Å². The Morgan fingerprint density at radius 2 is 1.80 bits per heavy atom. The van der Waals surface area contributed by atoms with Gasteiger partial charge in [-0.05, 0) is 92.8 Å². The van der Waals surface area contributed by atoms with Crippen molar-refractivity contribution in [2.75, 3.05) is 0 Å². The van der Waals surface area contributed by atoms with Crippen LogP contribution in [-0.4, -0.2) is 17.9 Å². The molecule has 0 heterocycles. The number of fused-ring (bicyclic) bond motifs is 7. The van der Waals surface area contributed by atoms with Gasteiger partial charge < -0.3 is 4.74 Å². The molecule has 0 radical (unpaired) electrons. The number of hydrogen-bond acceptors (Lipinski definition) is 3. The highest BCUT2D eigenvalue weighted by molar-refractivity contribution is 5.84. The minimum atomic E-state index is -0.144. The van der Waals surface area contributed by atoms with Crippen molar-refractivity contribution in [3.8, 4) is 0 Å². The highest BCUT2D eigenvalue weighted by atomic mass is 16.5. The van der Waals surface area contributed by atoms with E-state index in [4.69, 9.17) is 4.74 Å². The maximum absolute atomic E-state index is 13.2. The fourth-order valence-corrected chi connectivity index (χ4v) is 9.76. The molecule has 5 aliphatic rings. The van der Waals surface area contributed by atoms with Gasteiger partial charge in [-0.2, -0.15) is 0 Å². The van der Waals surface area contributed by atoms with Gasteiger partial charge in [0.2, 0.25) is 0 Å². The third kappa shape index (κ3) is 2.62. The zero-order valence-electron chi connectivity index (χ0n) is 19.5. The van der Waals surface area contributed by atoms with Crippen molar-refractivity contribution in [3.05, 3.63) is 11.6 Å². The molecule has 0 saturated heterocycles. The fourth-order valence-electron chi connectivity index (χ4n) is 9.76. The lowest BCUT2D eigenvalue weighted by molar-refractivity contribution is -0.151. The molecule has 3 nitrogen and oxygen atoms in total. The van der Waals surface area contributed by atoms with Gasteiger partial charge in [0.15, 0.2) is 0 Å². The number of carbonyl (C=O) groups excluding carboxylic acids is 2. The minimum absolute atomic E-state index is 0.0429. The summed E-state index contributed by atoms with van der Waals surface area (Å²) in [4.78, 5) is 24.7. The molecule has 5 aliphatic carbocycles. The molecule has 3 heteroatoms. The SMILES string of the molecule is CC(=O)O[C@H]1CC[C@@]2(C)C(=CCC3C2CC[C@@]2(C)C3C[C@H]3CCCC[C@]32C(C)=O)C1. The molecule has 8 atom stereocenters. The van der Waals surface area contributed by atoms with Crippen molar-refractivity contribution < 1.29 is 14.3 Å². The molecular formula is C27H40O3. The van der Waals surface area contributed by atoms with Crippen LogP contribution in [0.1, 0.15) is 98.3 Å². The van der Waals surface area contributed by atoms with Crippen molar-refractivity contribution in [1.29, 1.82) is 0 Å². The van der Waals surface area contributed by atoms with Gasteiger partial charge in [0.05, 0.1) is 0 Å². The summed E-state index contributed by atoms with van der Waals surface area (Å²) >= 11 is 0. The third-order valence-electron chi connectivity index (χ3n) is 11.0. The summed E-state index contributed by atoms with van der Waals surface area (Å²) in [6.07, 6.45) is 15.6. The Bertz CT molecular complexity index is 783. The Balaban J connectivity index is 1.46. The van der Waals surface area contributed by atoms with E-state index < -0.39 is 0 Å². The molecule has 0 aliphatic heterocycles. The monoisotopic (exact) mass is 412 g/mol. The second-order valence-electron chi connectivity index (χ2n) is 11.9. The largest absolute Gasteiger partial charge is 0.462 e. The molecule has 3 unspecified atom stereocenters. The van der Waals surface area contributed by atoms with Gasteiger partial charge in [-0.3, -0.25) is 9.59 Å². The summed E-state index contributed by atoms with van der Waals surface area (Å²) < 4.78 is 5.59. The van der Waals surface area contributed by atoms with Gasteiger partial charge in [0, 0.05) is 18.8 Å². The van der Waals surface area contributed by atoms with Crippen molar-refractivity contribution >= 4 is 11.8 Å². The lowest BCUT2D eigenvalue weighted by Crippen LogP contribution is -2.55. The second kappa shape index (κ2) is 6.94. The quantitative estimate of drug-likeness (QED) is 0.397. The van der Waals surface area contributed by atoms with E-state index in [9.17, 15) is 9.59 Å². The van der Waals surface area contributed by atoms with Gasteiger partial charge in [-0.25, -0.2) is 0 Å². The number of ketones is 1. The predicted octanol–water partition coefficient (Wildman–Crippen LogP) is 6.26. The molecule has 0 N–H and O–H groups in total. The van der Waals surface area contributed by atoms with E-state index in [1.54, 1.807) is 5.57 Å². The van der Waals surface area contributed by atoms with Crippen LogP contribution in [0.15, 0.2) is 11.6 Å². The molecule has 5 rings (SSSR count). The van der Waals surface area contributed by atoms with Crippen molar-refractivity contribution in [2.24, 2.45) is 39.9 Å². The summed E-state index contributed by atoms with van der Waals surface area (Å²) in [5.74, 6) is 3.13. The van der Waals surface area contributed by atoms with Crippen LogP contribution in [0.4, 0.5) is 0 Å². The standard InChI is InChI=1S/C27H40O3/c1-17(28)27-12-6-5-7-20(27)16-24-22-9-8-19-15-21(30-18(2)29)10-13-25(19,3)23(22)11-14-26(24,27)4/h8,20-24H,5-7,9-16H2,1-4H3/t20-,21+,22?,23?,24?,25+,26+,27+/m1/s1. The number of hydrogen-bond donors (Lipinski definition) is 0. The average molecular weight is 413 g/mol. The molecule has 0 spiro atoms. The molecule has 4 fully saturated rings. The first-order valence-electron chi connectivity index (χ1n) is 12.6. The van der Waals surface area contributed by atoms with E-state index in [2.05, 4.69) is 19.9 Å². The third-order valence-corrected chi connectivity index (χ3v) is 11.0. The molecule has 0 aromatic carbocycles. The van der Waals surface area contributed by atoms with Crippen LogP contribution in [0.25, 0.3) is 0 Å². The van der Waals surface area contributed by atoms with E-state index in [0.717, 1.165) is 37.5 Å². The summed E-state index contributed by atoms with van der Waals surface area (Å²) in [7, 11) is 0. The van der Waals surface area contributed by atoms with Crippen LogP contribution in [0.5, 0.6) is 0 Å². The Hall–Kier alpha value is -1.12. The predicted molar refractivity (Wildman–Crippen MR) is 118 cm³/mol. The molecule has 0 bridgehead atoms. The Kier molecular flexibility index (Phi) is 4.80. The van der Waals surface area contributed by atoms with Crippen LogP contribution in [0, 0.1) is 39.9 Å². The highest BCUT2D eigenvalue weighted by Gasteiger charge is 2.68. The van der Waals surface area contributed by atoms with Crippen LogP contribution in [0.2, 0.25) is 0 Å². The molecule has 30 heavy (non-hydrogen) atoms. The normalized spacial score (nSPS) is 49.7. The van der Waals surface area contributed by atoms with Crippen molar-refractivity contribution in [1.82, 2.24) is 0 Å². The summed E-state index contributed by atoms with van der Waals surface area (Å²) in [6, 6.07) is 0. The van der Waals surface area contributed by atoms with Gasteiger partial charge in [-0.15, -0.1) is 0 Å². The Morgan fingerprint density at radius 3 is 2.53 bits per heavy atom. The molecule has 0 aromatic heterocycles. The van der Waals surface area contributed by atoms with Gasteiger partial charge in [-0.1, -0.05) is 38.3 Å². The van der Waals surface area contributed by atoms with Crippen molar-refractivity contribution in [2.45, 2.75) is 104 Å². The number of ether oxygens (including phenoxy) is 1. The van der Waals surface area contributed by atoms with E-state index >= 15 is 0 Å². The average Bonchev–Trinajstić information content (AvgIpc) is 2.98. The number of allylic oxidation sites excluding steroid dienone is 1. The fraction of sp³-hybridized carbons (Fsp3) is 0.852. The van der Waals surface area contributed by atoms with Gasteiger partial charge in [0.1, 0.15) is 11.9 Å². The van der Waals surface area contributed by atoms with Gasteiger partial charge in [0.25, 0.3) is 0 Å². The number of esters is 1. The molecular weight excluding hydrogens is 372 g/mol. The maximum atomic E-state index is 13.2. The van der Waals surface area contributed by atoms with E-state index in [1.165, 1.54) is 51.9 Å². The molecule has 166 valence electrons. The maximum Gasteiger partial charge on any atom is 0.302 e. The Morgan fingerprint density at radius 1 is 1.00 bits per heavy atom. The highest BCUT2D eigenvalue weighted by Crippen LogP contribution is 2.73. The van der Waals surface area contributed by atoms with E-state index in [-0.39, 0.29) is 28.3 Å². The van der Waals surface area contributed by atoms with Crippen LogP contribution < -0.4 is 0 Å². The summed E-state index contributed by atoms with van der Waals surface area (Å²) in [6.45, 7) is 8.46. The smallest absolute Gasteiger partial charge is 0.302 e. The lowest BCUT2D eigenvalue weighted by atomic mass is 9.44. The molecule has 0 aromatic rings. The van der Waals surface area contributed by atoms with Crippen LogP contribution >= 0.6 is 0 Å². The first-order valence-corrected chi connectivity index (χ1v) is 12.6. The van der Waals surface area contributed by atoms with E-state index in [0.29, 0.717) is 17.6 Å². The summed E-state index contributed by atoms with van der Waals surface area (Å²) in [5, 5.41) is 0. The Labute approximate surface area is 182 Å². The van der Waals surface area contributed by atoms with Crippen molar-refractivity contribution in [3.63, 3.8) is 0 Å². The minimum Gasteiger partial charge on any atom is -0.462 e. The number of Topliss-reactive ketones (excluding diaryl/α,β-unsaturated/α-hetero) is 1. The van der Waals surface area contributed by atoms with E-state index in [1.807, 2.05) is 6.92 Å². The first kappa shape index (κ1) is 20.8. The second-order valence-corrected chi connectivity index (χ2v) is 11.9. The van der Waals surface area contributed by atoms with Crippen LogP contribution in [-0.2, 0) is 14.3 Å². The molecule has 4 saturated carbocycles. The summed E-state index contributed by atoms with van der Waals surface area (Å²) in [5.41, 5.74) is 1.97. The zero-order chi connectivity index (χ0) is 21.3. The van der Waals surface area contributed by atoms with Gasteiger partial charge >= 0.3 is 5.97 Å². The first-order chi connectivity index (χ1) is 14.2. The topological polar surface area (TPSA) is 43.4 Å². The lowest BCUT2D eigenvalue weighted by Gasteiger charge is -2.60. The number of carbonyl (C=O) groups is 2. The molecule has 0 amide bonds. The number of rotatable bonds is 2.